The Hall–Kier alpha value is -2.59. The molecule has 1 aliphatic heterocycles. The number of imidazole rings is 1. The summed E-state index contributed by atoms with van der Waals surface area (Å²) >= 11 is 0. The molecule has 4 N–H and O–H groups in total. The lowest BCUT2D eigenvalue weighted by molar-refractivity contribution is -0.0788. The minimum absolute atomic E-state index is 0.133. The third kappa shape index (κ3) is 3.26. The Bertz CT molecular complexity index is 919. The van der Waals surface area contributed by atoms with Crippen LogP contribution < -0.4 is 5.73 Å². The number of benzene rings is 1. The average molecular weight is 371 g/mol. The summed E-state index contributed by atoms with van der Waals surface area (Å²) in [5, 5.41) is 20.8. The second-order valence-corrected chi connectivity index (χ2v) is 6.52. The normalized spacial score (nSPS) is 26.5. The molecule has 0 saturated carbocycles. The molecule has 0 bridgehead atoms. The van der Waals surface area contributed by atoms with Crippen molar-refractivity contribution in [3.8, 4) is 0 Å². The highest BCUT2D eigenvalue weighted by molar-refractivity contribution is 5.81. The van der Waals surface area contributed by atoms with Crippen molar-refractivity contribution in [2.75, 3.05) is 12.3 Å². The van der Waals surface area contributed by atoms with E-state index in [0.29, 0.717) is 11.2 Å². The van der Waals surface area contributed by atoms with Crippen LogP contribution in [0.15, 0.2) is 43.0 Å². The van der Waals surface area contributed by atoms with Crippen molar-refractivity contribution in [3.63, 3.8) is 0 Å². The molecule has 1 aromatic carbocycles. The first-order valence-electron chi connectivity index (χ1n) is 8.67. The van der Waals surface area contributed by atoms with E-state index in [2.05, 4.69) is 15.0 Å². The first kappa shape index (κ1) is 17.8. The second kappa shape index (κ2) is 7.20. The molecule has 9 nitrogen and oxygen atoms in total. The molecule has 1 fully saturated rings. The van der Waals surface area contributed by atoms with Gasteiger partial charge in [0.05, 0.1) is 19.0 Å². The third-order valence-corrected chi connectivity index (χ3v) is 4.78. The number of nitrogen functional groups attached to an aromatic ring is 1. The summed E-state index contributed by atoms with van der Waals surface area (Å²) < 4.78 is 13.2. The molecule has 1 saturated heterocycles. The van der Waals surface area contributed by atoms with Gasteiger partial charge in [-0.2, -0.15) is 0 Å². The van der Waals surface area contributed by atoms with Gasteiger partial charge in [-0.25, -0.2) is 15.0 Å². The largest absolute Gasteiger partial charge is 0.387 e. The minimum atomic E-state index is -1.15. The molecule has 2 aromatic heterocycles. The Morgan fingerprint density at radius 1 is 1.19 bits per heavy atom. The molecular weight excluding hydrogens is 350 g/mol. The Morgan fingerprint density at radius 2 is 1.96 bits per heavy atom. The molecule has 0 amide bonds. The maximum absolute atomic E-state index is 10.5. The van der Waals surface area contributed by atoms with Crippen molar-refractivity contribution in [3.05, 3.63) is 48.5 Å². The van der Waals surface area contributed by atoms with Crippen molar-refractivity contribution < 1.29 is 19.7 Å². The molecular formula is C18H21N5O4. The summed E-state index contributed by atoms with van der Waals surface area (Å²) in [5.41, 5.74) is 7.66. The number of nitrogens with two attached hydrogens (primary N) is 1. The van der Waals surface area contributed by atoms with Crippen LogP contribution in [-0.4, -0.2) is 54.7 Å². The molecule has 9 heteroatoms. The molecule has 1 aliphatic rings. The fraction of sp³-hybridized carbons (Fsp3) is 0.389. The maximum atomic E-state index is 10.5. The van der Waals surface area contributed by atoms with Gasteiger partial charge < -0.3 is 25.4 Å². The smallest absolute Gasteiger partial charge is 0.167 e. The van der Waals surface area contributed by atoms with Gasteiger partial charge in [-0.05, 0) is 12.5 Å². The van der Waals surface area contributed by atoms with Crippen LogP contribution in [0.25, 0.3) is 11.2 Å². The van der Waals surface area contributed by atoms with Gasteiger partial charge >= 0.3 is 0 Å². The van der Waals surface area contributed by atoms with Crippen LogP contribution in [0.4, 0.5) is 5.82 Å². The highest BCUT2D eigenvalue weighted by atomic mass is 16.6. The number of hydrogen-bond donors (Lipinski definition) is 3. The fourth-order valence-electron chi connectivity index (χ4n) is 3.21. The van der Waals surface area contributed by atoms with Crippen molar-refractivity contribution in [2.24, 2.45) is 0 Å². The van der Waals surface area contributed by atoms with Crippen LogP contribution in [0.5, 0.6) is 0 Å². The van der Waals surface area contributed by atoms with Gasteiger partial charge in [-0.15, -0.1) is 0 Å². The van der Waals surface area contributed by atoms with Gasteiger partial charge in [-0.1, -0.05) is 30.3 Å². The lowest BCUT2D eigenvalue weighted by atomic mass is 10.1. The number of aliphatic hydroxyl groups excluding tert-OH is 2. The molecule has 3 heterocycles. The Kier molecular flexibility index (Phi) is 4.75. The Labute approximate surface area is 155 Å². The van der Waals surface area contributed by atoms with E-state index < -0.39 is 24.5 Å². The average Bonchev–Trinajstić information content (AvgIpc) is 3.23. The van der Waals surface area contributed by atoms with Crippen molar-refractivity contribution >= 4 is 17.0 Å². The van der Waals surface area contributed by atoms with Crippen molar-refractivity contribution in [1.29, 1.82) is 0 Å². The van der Waals surface area contributed by atoms with Crippen LogP contribution in [0, 0.1) is 0 Å². The predicted molar refractivity (Wildman–Crippen MR) is 96.5 cm³/mol. The van der Waals surface area contributed by atoms with E-state index in [-0.39, 0.29) is 18.5 Å². The monoisotopic (exact) mass is 371 g/mol. The number of aromatic nitrogens is 4. The summed E-state index contributed by atoms with van der Waals surface area (Å²) in [7, 11) is 0. The van der Waals surface area contributed by atoms with Gasteiger partial charge in [0.25, 0.3) is 0 Å². The predicted octanol–water partition coefficient (Wildman–Crippen LogP) is 0.805. The number of hydrogen-bond acceptors (Lipinski definition) is 8. The summed E-state index contributed by atoms with van der Waals surface area (Å²) in [6.07, 6.45) is -1.18. The van der Waals surface area contributed by atoms with Gasteiger partial charge in [0.1, 0.15) is 30.2 Å². The van der Waals surface area contributed by atoms with Crippen LogP contribution >= 0.6 is 0 Å². The number of aliphatic hydroxyl groups is 2. The number of anilines is 1. The molecule has 0 unspecified atom stereocenters. The van der Waals surface area contributed by atoms with Crippen molar-refractivity contribution in [2.45, 2.75) is 37.6 Å². The van der Waals surface area contributed by atoms with Crippen LogP contribution in [0.1, 0.15) is 24.8 Å². The number of rotatable bonds is 5. The molecule has 5 atom stereocenters. The molecule has 27 heavy (non-hydrogen) atoms. The van der Waals surface area contributed by atoms with Gasteiger partial charge in [0, 0.05) is 0 Å². The quantitative estimate of drug-likeness (QED) is 0.601. The van der Waals surface area contributed by atoms with Crippen LogP contribution in [0.2, 0.25) is 0 Å². The zero-order valence-corrected chi connectivity index (χ0v) is 14.7. The van der Waals surface area contributed by atoms with E-state index in [1.807, 2.05) is 37.3 Å². The summed E-state index contributed by atoms with van der Waals surface area (Å²) in [4.78, 5) is 12.2. The first-order chi connectivity index (χ1) is 13.1. The molecule has 0 aliphatic carbocycles. The number of ether oxygens (including phenoxy) is 2. The first-order valence-corrected chi connectivity index (χ1v) is 8.67. The molecule has 4 rings (SSSR count). The lowest BCUT2D eigenvalue weighted by Gasteiger charge is -2.19. The summed E-state index contributed by atoms with van der Waals surface area (Å²) in [6, 6.07) is 9.75. The van der Waals surface area contributed by atoms with E-state index >= 15 is 0 Å². The summed E-state index contributed by atoms with van der Waals surface area (Å²) in [5.74, 6) is 0.239. The number of fused-ring (bicyclic) bond motifs is 1. The van der Waals surface area contributed by atoms with Crippen molar-refractivity contribution in [1.82, 2.24) is 19.5 Å². The molecule has 0 radical (unpaired) electrons. The van der Waals surface area contributed by atoms with E-state index in [1.54, 1.807) is 4.57 Å². The Balaban J connectivity index is 1.48. The summed E-state index contributed by atoms with van der Waals surface area (Å²) in [6.45, 7) is 2.06. The lowest BCUT2D eigenvalue weighted by Crippen LogP contribution is -2.34. The SMILES string of the molecule is C[C@H](OC[C@H]1O[C@@H](n2cnc3c(N)ncnc32)[C@H](O)[C@@H]1O)c1ccccc1. The second-order valence-electron chi connectivity index (χ2n) is 6.52. The zero-order chi connectivity index (χ0) is 19.0. The van der Waals surface area contributed by atoms with E-state index in [4.69, 9.17) is 15.2 Å². The van der Waals surface area contributed by atoms with Crippen LogP contribution in [0.3, 0.4) is 0 Å². The van der Waals surface area contributed by atoms with Gasteiger partial charge in [0.2, 0.25) is 0 Å². The molecule has 0 spiro atoms. The maximum Gasteiger partial charge on any atom is 0.167 e. The highest BCUT2D eigenvalue weighted by Crippen LogP contribution is 2.32. The van der Waals surface area contributed by atoms with Gasteiger partial charge in [0.15, 0.2) is 17.7 Å². The van der Waals surface area contributed by atoms with E-state index in [0.717, 1.165) is 5.56 Å². The van der Waals surface area contributed by atoms with Crippen LogP contribution in [-0.2, 0) is 9.47 Å². The fourth-order valence-corrected chi connectivity index (χ4v) is 3.21. The molecule has 3 aromatic rings. The highest BCUT2D eigenvalue weighted by Gasteiger charge is 2.44. The van der Waals surface area contributed by atoms with E-state index in [9.17, 15) is 10.2 Å². The minimum Gasteiger partial charge on any atom is -0.387 e. The van der Waals surface area contributed by atoms with Gasteiger partial charge in [-0.3, -0.25) is 4.57 Å². The van der Waals surface area contributed by atoms with E-state index in [1.165, 1.54) is 12.7 Å². The topological polar surface area (TPSA) is 129 Å². The number of nitrogens with zero attached hydrogens (tertiary/aromatic N) is 4. The Morgan fingerprint density at radius 3 is 2.74 bits per heavy atom. The standard InChI is InChI=1S/C18H21N5O4/c1-10(11-5-3-2-4-6-11)26-7-12-14(24)15(25)18(27-12)23-9-22-13-16(19)20-8-21-17(13)23/h2-6,8-10,12,14-15,18,24-25H,7H2,1H3,(H2,19,20,21)/t10-,12+,14+,15+,18+/m0/s1. The zero-order valence-electron chi connectivity index (χ0n) is 14.7. The molecule has 142 valence electrons. The third-order valence-electron chi connectivity index (χ3n) is 4.78.